The van der Waals surface area contributed by atoms with E-state index in [4.69, 9.17) is 4.74 Å². The molecule has 1 amide bonds. The number of aryl methyl sites for hydroxylation is 1. The highest BCUT2D eigenvalue weighted by Crippen LogP contribution is 2.39. The van der Waals surface area contributed by atoms with Gasteiger partial charge in [-0.15, -0.1) is 0 Å². The minimum atomic E-state index is 0.224. The number of hydrogen-bond acceptors (Lipinski definition) is 3. The second-order valence-electron chi connectivity index (χ2n) is 6.90. The second-order valence-corrected chi connectivity index (χ2v) is 6.90. The molecule has 1 saturated carbocycles. The Hall–Kier alpha value is -1.88. The van der Waals surface area contributed by atoms with E-state index < -0.39 is 0 Å². The molecule has 5 nitrogen and oxygen atoms in total. The minimum absolute atomic E-state index is 0.224. The zero-order valence-electron chi connectivity index (χ0n) is 13.7. The Kier molecular flexibility index (Phi) is 3.60. The fourth-order valence-corrected chi connectivity index (χ4v) is 4.27. The molecule has 2 fully saturated rings. The monoisotopic (exact) mass is 313 g/mol. The largest absolute Gasteiger partial charge is 0.381 e. The van der Waals surface area contributed by atoms with Gasteiger partial charge in [-0.2, -0.15) is 0 Å². The number of likely N-dealkylation sites (tertiary alicyclic amines) is 1. The highest BCUT2D eigenvalue weighted by Gasteiger charge is 2.42. The number of imidazole rings is 1. The van der Waals surface area contributed by atoms with Crippen LogP contribution >= 0.6 is 0 Å². The molecule has 2 aliphatic rings. The van der Waals surface area contributed by atoms with Crippen LogP contribution in [0.25, 0.3) is 5.65 Å². The predicted octanol–water partition coefficient (Wildman–Crippen LogP) is 2.07. The van der Waals surface area contributed by atoms with Gasteiger partial charge in [-0.3, -0.25) is 4.79 Å². The van der Waals surface area contributed by atoms with Crippen LogP contribution in [0.2, 0.25) is 0 Å². The van der Waals surface area contributed by atoms with Crippen LogP contribution in [0.5, 0.6) is 0 Å². The third kappa shape index (κ3) is 2.53. The Morgan fingerprint density at radius 2 is 2.04 bits per heavy atom. The van der Waals surface area contributed by atoms with E-state index in [2.05, 4.69) is 4.98 Å². The lowest BCUT2D eigenvalue weighted by atomic mass is 10.0. The van der Waals surface area contributed by atoms with Crippen LogP contribution in [-0.2, 0) is 16.0 Å². The zero-order valence-corrected chi connectivity index (χ0v) is 13.7. The maximum atomic E-state index is 12.7. The summed E-state index contributed by atoms with van der Waals surface area (Å²) in [6.45, 7) is 3.76. The van der Waals surface area contributed by atoms with Crippen LogP contribution in [0.15, 0.2) is 24.4 Å². The van der Waals surface area contributed by atoms with Gasteiger partial charge in [0.15, 0.2) is 0 Å². The average Bonchev–Trinajstić information content (AvgIpc) is 3.19. The van der Waals surface area contributed by atoms with E-state index in [1.165, 1.54) is 0 Å². The first kappa shape index (κ1) is 14.7. The van der Waals surface area contributed by atoms with E-state index in [-0.39, 0.29) is 5.91 Å². The Morgan fingerprint density at radius 3 is 2.74 bits per heavy atom. The molecule has 0 spiro atoms. The summed E-state index contributed by atoms with van der Waals surface area (Å²) in [4.78, 5) is 19.3. The summed E-state index contributed by atoms with van der Waals surface area (Å²) < 4.78 is 7.51. The lowest BCUT2D eigenvalue weighted by molar-refractivity contribution is -0.129. The molecule has 3 heterocycles. The van der Waals surface area contributed by atoms with Crippen molar-refractivity contribution in [1.29, 1.82) is 0 Å². The van der Waals surface area contributed by atoms with Gasteiger partial charge in [0.05, 0.1) is 23.9 Å². The normalized spacial score (nSPS) is 26.9. The Morgan fingerprint density at radius 1 is 1.30 bits per heavy atom. The third-order valence-electron chi connectivity index (χ3n) is 5.54. The SMILES string of the molecule is COC1C[C@@H]2CN(C(=O)Cc3c(C)nc4ccccn34)C[C@@H]2C1. The highest BCUT2D eigenvalue weighted by atomic mass is 16.5. The molecular formula is C18H23N3O2. The summed E-state index contributed by atoms with van der Waals surface area (Å²) in [7, 11) is 1.79. The number of aromatic nitrogens is 2. The highest BCUT2D eigenvalue weighted by molar-refractivity contribution is 5.79. The molecule has 1 aliphatic carbocycles. The smallest absolute Gasteiger partial charge is 0.228 e. The van der Waals surface area contributed by atoms with E-state index >= 15 is 0 Å². The second kappa shape index (κ2) is 5.64. The van der Waals surface area contributed by atoms with E-state index in [1.54, 1.807) is 7.11 Å². The molecule has 3 atom stereocenters. The van der Waals surface area contributed by atoms with Crippen molar-refractivity contribution in [3.05, 3.63) is 35.8 Å². The van der Waals surface area contributed by atoms with Crippen molar-refractivity contribution in [3.8, 4) is 0 Å². The first-order valence-corrected chi connectivity index (χ1v) is 8.39. The molecule has 0 N–H and O–H groups in total. The third-order valence-corrected chi connectivity index (χ3v) is 5.54. The van der Waals surface area contributed by atoms with Crippen molar-refractivity contribution < 1.29 is 9.53 Å². The topological polar surface area (TPSA) is 46.8 Å². The Labute approximate surface area is 136 Å². The molecule has 2 aromatic heterocycles. The first-order valence-electron chi connectivity index (χ1n) is 8.39. The molecule has 122 valence electrons. The molecule has 23 heavy (non-hydrogen) atoms. The lowest BCUT2D eigenvalue weighted by Crippen LogP contribution is -2.32. The van der Waals surface area contributed by atoms with E-state index in [9.17, 15) is 4.79 Å². The Balaban J connectivity index is 1.48. The van der Waals surface area contributed by atoms with E-state index in [0.29, 0.717) is 24.4 Å². The maximum absolute atomic E-state index is 12.7. The van der Waals surface area contributed by atoms with Gasteiger partial charge in [0, 0.05) is 26.4 Å². The molecule has 0 bridgehead atoms. The van der Waals surface area contributed by atoms with Crippen LogP contribution in [-0.4, -0.2) is 46.5 Å². The van der Waals surface area contributed by atoms with E-state index in [1.807, 2.05) is 40.6 Å². The van der Waals surface area contributed by atoms with Crippen LogP contribution in [0.3, 0.4) is 0 Å². The van der Waals surface area contributed by atoms with Gasteiger partial charge in [0.1, 0.15) is 5.65 Å². The molecular weight excluding hydrogens is 290 g/mol. The summed E-state index contributed by atoms with van der Waals surface area (Å²) in [6.07, 6.45) is 5.01. The number of hydrogen-bond donors (Lipinski definition) is 0. The number of carbonyl (C=O) groups is 1. The summed E-state index contributed by atoms with van der Waals surface area (Å²) in [5.74, 6) is 1.46. The molecule has 1 aliphatic heterocycles. The quantitative estimate of drug-likeness (QED) is 0.871. The zero-order chi connectivity index (χ0) is 16.0. The van der Waals surface area contributed by atoms with Gasteiger partial charge in [-0.1, -0.05) is 6.07 Å². The number of fused-ring (bicyclic) bond motifs is 2. The fraction of sp³-hybridized carbons (Fsp3) is 0.556. The van der Waals surface area contributed by atoms with Gasteiger partial charge in [-0.05, 0) is 43.7 Å². The molecule has 0 aromatic carbocycles. The first-order chi connectivity index (χ1) is 11.2. The number of amides is 1. The predicted molar refractivity (Wildman–Crippen MR) is 87.2 cm³/mol. The van der Waals surface area contributed by atoms with E-state index in [0.717, 1.165) is 43.0 Å². The minimum Gasteiger partial charge on any atom is -0.381 e. The Bertz CT molecular complexity index is 725. The number of rotatable bonds is 3. The summed E-state index contributed by atoms with van der Waals surface area (Å²) in [5, 5.41) is 0. The van der Waals surface area contributed by atoms with Gasteiger partial charge in [0.2, 0.25) is 5.91 Å². The molecule has 4 rings (SSSR count). The lowest BCUT2D eigenvalue weighted by Gasteiger charge is -2.19. The van der Waals surface area contributed by atoms with Crippen molar-refractivity contribution in [2.45, 2.75) is 32.3 Å². The summed E-state index contributed by atoms with van der Waals surface area (Å²) >= 11 is 0. The fourth-order valence-electron chi connectivity index (χ4n) is 4.27. The summed E-state index contributed by atoms with van der Waals surface area (Å²) in [5.41, 5.74) is 2.87. The van der Waals surface area contributed by atoms with Crippen molar-refractivity contribution in [2.24, 2.45) is 11.8 Å². The number of pyridine rings is 1. The van der Waals surface area contributed by atoms with Gasteiger partial charge in [0.25, 0.3) is 0 Å². The molecule has 1 saturated heterocycles. The summed E-state index contributed by atoms with van der Waals surface area (Å²) in [6, 6.07) is 5.93. The number of carbonyl (C=O) groups excluding carboxylic acids is 1. The maximum Gasteiger partial charge on any atom is 0.228 e. The van der Waals surface area contributed by atoms with Crippen molar-refractivity contribution in [1.82, 2.24) is 14.3 Å². The van der Waals surface area contributed by atoms with Crippen LogP contribution in [0, 0.1) is 18.8 Å². The van der Waals surface area contributed by atoms with Crippen molar-refractivity contribution in [3.63, 3.8) is 0 Å². The van der Waals surface area contributed by atoms with Gasteiger partial charge >= 0.3 is 0 Å². The van der Waals surface area contributed by atoms with Crippen LogP contribution in [0.4, 0.5) is 0 Å². The molecule has 5 heteroatoms. The van der Waals surface area contributed by atoms with Gasteiger partial charge in [-0.25, -0.2) is 4.98 Å². The number of methoxy groups -OCH3 is 1. The number of nitrogens with zero attached hydrogens (tertiary/aromatic N) is 3. The molecule has 1 unspecified atom stereocenters. The van der Waals surface area contributed by atoms with Crippen molar-refractivity contribution in [2.75, 3.05) is 20.2 Å². The van der Waals surface area contributed by atoms with Crippen LogP contribution in [0.1, 0.15) is 24.2 Å². The average molecular weight is 313 g/mol. The standard InChI is InChI=1S/C18H23N3O2/c1-12-16(21-6-4-3-5-17(21)19-12)9-18(22)20-10-13-7-15(23-2)8-14(13)11-20/h3-6,13-15H,7-11H2,1-2H3/t13-,14+,15?. The number of ether oxygens (including phenoxy) is 1. The van der Waals surface area contributed by atoms with Crippen molar-refractivity contribution >= 4 is 11.6 Å². The van der Waals surface area contributed by atoms with Gasteiger partial charge < -0.3 is 14.0 Å². The molecule has 2 aromatic rings. The molecule has 0 radical (unpaired) electrons. The van der Waals surface area contributed by atoms with Crippen LogP contribution < -0.4 is 0 Å².